The number of ether oxygens (including phenoxy) is 4. The van der Waals surface area contributed by atoms with Gasteiger partial charge in [0.1, 0.15) is 26.4 Å². The Morgan fingerprint density at radius 1 is 0.300 bits per heavy atom. The highest BCUT2D eigenvalue weighted by Gasteiger charge is 2.25. The van der Waals surface area contributed by atoms with E-state index in [1.807, 2.05) is 221 Å². The zero-order chi connectivity index (χ0) is 68.1. The topological polar surface area (TPSA) is 201 Å². The number of aromatic nitrogens is 5. The third-order valence-corrected chi connectivity index (χ3v) is 17.5. The molecular formula is C85H55N7O8. The second-order valence-corrected chi connectivity index (χ2v) is 23.7. The number of nitrogens with zero attached hydrogens (tertiary/aromatic N) is 7. The molecule has 0 aliphatic carbocycles. The fourth-order valence-corrected chi connectivity index (χ4v) is 12.5. The molecule has 0 spiro atoms. The lowest BCUT2D eigenvalue weighted by Gasteiger charge is -2.16. The Hall–Kier alpha value is -13.9. The molecule has 12 aromatic carbocycles. The fourth-order valence-electron chi connectivity index (χ4n) is 12.5. The number of carbonyl (C=O) groups excluding carboxylic acids is 4. The Bertz CT molecular complexity index is 5560. The summed E-state index contributed by atoms with van der Waals surface area (Å²) in [7, 11) is 0. The van der Waals surface area contributed by atoms with Crippen molar-refractivity contribution in [2.24, 2.45) is 0 Å². The van der Waals surface area contributed by atoms with Crippen LogP contribution in [0, 0.1) is 22.7 Å². The van der Waals surface area contributed by atoms with E-state index in [-0.39, 0.29) is 43.6 Å². The van der Waals surface area contributed by atoms with Crippen molar-refractivity contribution in [1.82, 2.24) is 24.1 Å². The predicted octanol–water partition coefficient (Wildman–Crippen LogP) is 17.9. The molecule has 0 unspecified atom stereocenters. The minimum Gasteiger partial charge on any atom is -0.457 e. The van der Waals surface area contributed by atoms with Crippen LogP contribution in [-0.2, 0) is 45.4 Å². The molecule has 478 valence electrons. The Balaban J connectivity index is 0.848. The summed E-state index contributed by atoms with van der Waals surface area (Å²) in [6.45, 7) is 0.284. The van der Waals surface area contributed by atoms with Gasteiger partial charge >= 0.3 is 23.9 Å². The molecule has 0 saturated heterocycles. The van der Waals surface area contributed by atoms with Crippen molar-refractivity contribution in [3.05, 3.63) is 341 Å². The molecule has 15 rings (SSSR count). The van der Waals surface area contributed by atoms with Crippen molar-refractivity contribution in [2.45, 2.75) is 26.4 Å². The predicted molar refractivity (Wildman–Crippen MR) is 382 cm³/mol. The molecule has 3 heterocycles. The first kappa shape index (κ1) is 62.2. The minimum atomic E-state index is -0.529. The van der Waals surface area contributed by atoms with Crippen LogP contribution in [0.2, 0.25) is 0 Å². The van der Waals surface area contributed by atoms with Crippen molar-refractivity contribution in [3.63, 3.8) is 0 Å². The van der Waals surface area contributed by atoms with Gasteiger partial charge in [-0.05, 0) is 143 Å². The Morgan fingerprint density at radius 2 is 0.630 bits per heavy atom. The third-order valence-electron chi connectivity index (χ3n) is 17.5. The number of esters is 4. The van der Waals surface area contributed by atoms with Crippen LogP contribution in [0.1, 0.15) is 74.8 Å². The van der Waals surface area contributed by atoms with E-state index in [9.17, 15) is 29.7 Å². The van der Waals surface area contributed by atoms with Crippen LogP contribution in [0.3, 0.4) is 0 Å². The molecule has 15 aromatic rings. The van der Waals surface area contributed by atoms with Crippen molar-refractivity contribution >= 4 is 67.5 Å². The number of carbonyl (C=O) groups is 4. The molecule has 0 radical (unpaired) electrons. The van der Waals surface area contributed by atoms with Crippen LogP contribution in [0.15, 0.2) is 285 Å². The van der Waals surface area contributed by atoms with Gasteiger partial charge < -0.3 is 28.1 Å². The summed E-state index contributed by atoms with van der Waals surface area (Å²) in [5, 5.41) is 24.7. The number of hydrogen-bond acceptors (Lipinski definition) is 13. The average Bonchev–Trinajstić information content (AvgIpc) is 1.55. The van der Waals surface area contributed by atoms with Crippen LogP contribution in [0.25, 0.3) is 100 Å². The molecule has 0 saturated carbocycles. The molecule has 15 heteroatoms. The van der Waals surface area contributed by atoms with Gasteiger partial charge in [-0.15, -0.1) is 0 Å². The maximum Gasteiger partial charge on any atom is 0.338 e. The van der Waals surface area contributed by atoms with Gasteiger partial charge in [0.15, 0.2) is 17.5 Å². The summed E-state index contributed by atoms with van der Waals surface area (Å²) in [6, 6.07) is 91.7. The van der Waals surface area contributed by atoms with Gasteiger partial charge in [0.05, 0.1) is 67.6 Å². The van der Waals surface area contributed by atoms with Gasteiger partial charge in [0.25, 0.3) is 0 Å². The molecule has 0 bridgehead atoms. The second kappa shape index (κ2) is 27.4. The van der Waals surface area contributed by atoms with E-state index in [4.69, 9.17) is 33.9 Å². The number of fused-ring (bicyclic) bond motifs is 6. The largest absolute Gasteiger partial charge is 0.457 e. The molecule has 0 amide bonds. The monoisotopic (exact) mass is 1300 g/mol. The zero-order valence-electron chi connectivity index (χ0n) is 53.4. The molecule has 0 fully saturated rings. The smallest absolute Gasteiger partial charge is 0.338 e. The Morgan fingerprint density at radius 3 is 1.02 bits per heavy atom. The Labute approximate surface area is 573 Å². The van der Waals surface area contributed by atoms with Gasteiger partial charge in [-0.2, -0.15) is 10.5 Å². The minimum absolute atomic E-state index is 0.0707. The summed E-state index contributed by atoms with van der Waals surface area (Å²) in [6.07, 6.45) is 0. The molecule has 0 N–H and O–H groups in total. The molecule has 100 heavy (non-hydrogen) atoms. The summed E-state index contributed by atoms with van der Waals surface area (Å²) in [5.74, 6) is -1.37. The third kappa shape index (κ3) is 12.6. The second-order valence-electron chi connectivity index (χ2n) is 23.7. The van der Waals surface area contributed by atoms with Crippen molar-refractivity contribution in [2.75, 3.05) is 0 Å². The van der Waals surface area contributed by atoms with Crippen LogP contribution in [0.5, 0.6) is 0 Å². The molecule has 0 aliphatic rings. The van der Waals surface area contributed by atoms with E-state index in [0.29, 0.717) is 116 Å². The standard InChI is InChI=1S/C85H55N7O8/c86-48-63-28-16-17-29-67(63)70-47-66(92-77-40-32-61(84(95)99-52-56-22-10-3-11-23-56)45-73(77)74-46-62(33-41-78(74)92)85(96)100-53-57-24-12-4-13-25-57)35-37-69(70)81-89-79(58-26-14-5-15-27-58)88-80(90-81)68-36-34-65(42-64(68)49-87)91-75-38-30-59(82(93)97-50-54-18-6-1-7-19-54)43-71(75)72-44-60(31-39-76(72)91)83(94)98-51-55-20-8-2-9-21-55/h1-47H,50-53H2. The summed E-state index contributed by atoms with van der Waals surface area (Å²) < 4.78 is 27.2. The number of benzene rings is 12. The fraction of sp³-hybridized carbons (Fsp3) is 0.0471. The Kier molecular flexibility index (Phi) is 17.1. The normalized spacial score (nSPS) is 11.1. The van der Waals surface area contributed by atoms with Gasteiger partial charge in [-0.3, -0.25) is 0 Å². The van der Waals surface area contributed by atoms with E-state index >= 15 is 0 Å². The number of nitriles is 2. The first-order chi connectivity index (χ1) is 49.1. The van der Waals surface area contributed by atoms with Crippen LogP contribution in [0.4, 0.5) is 0 Å². The molecule has 0 atom stereocenters. The quantitative estimate of drug-likeness (QED) is 0.0581. The highest BCUT2D eigenvalue weighted by atomic mass is 16.5. The average molecular weight is 1300 g/mol. The van der Waals surface area contributed by atoms with Crippen molar-refractivity contribution in [3.8, 4) is 68.8 Å². The van der Waals surface area contributed by atoms with Gasteiger partial charge in [0.2, 0.25) is 0 Å². The summed E-state index contributed by atoms with van der Waals surface area (Å²) >= 11 is 0. The molecular weight excluding hydrogens is 1250 g/mol. The van der Waals surface area contributed by atoms with Gasteiger partial charge in [-0.25, -0.2) is 34.1 Å². The highest BCUT2D eigenvalue weighted by Crippen LogP contribution is 2.41. The van der Waals surface area contributed by atoms with E-state index in [1.54, 1.807) is 72.8 Å². The van der Waals surface area contributed by atoms with E-state index < -0.39 is 23.9 Å². The van der Waals surface area contributed by atoms with Gasteiger partial charge in [-0.1, -0.05) is 170 Å². The molecule has 0 aliphatic heterocycles. The van der Waals surface area contributed by atoms with Crippen LogP contribution >= 0.6 is 0 Å². The maximum absolute atomic E-state index is 13.9. The van der Waals surface area contributed by atoms with Crippen LogP contribution in [-0.4, -0.2) is 48.0 Å². The van der Waals surface area contributed by atoms with Crippen molar-refractivity contribution < 1.29 is 38.1 Å². The lowest BCUT2D eigenvalue weighted by atomic mass is 9.94. The zero-order valence-corrected chi connectivity index (χ0v) is 53.4. The van der Waals surface area contributed by atoms with Crippen molar-refractivity contribution in [1.29, 1.82) is 10.5 Å². The maximum atomic E-state index is 13.9. The molecule has 3 aromatic heterocycles. The summed E-state index contributed by atoms with van der Waals surface area (Å²) in [4.78, 5) is 70.8. The van der Waals surface area contributed by atoms with E-state index in [1.165, 1.54) is 0 Å². The van der Waals surface area contributed by atoms with Gasteiger partial charge in [0, 0.05) is 55.2 Å². The first-order valence-electron chi connectivity index (χ1n) is 32.1. The van der Waals surface area contributed by atoms with Crippen LogP contribution < -0.4 is 0 Å². The van der Waals surface area contributed by atoms with E-state index in [2.05, 4.69) is 12.1 Å². The number of rotatable bonds is 18. The highest BCUT2D eigenvalue weighted by molar-refractivity contribution is 6.14. The lowest BCUT2D eigenvalue weighted by molar-refractivity contribution is 0.0464. The molecule has 15 nitrogen and oxygen atoms in total. The number of hydrogen-bond donors (Lipinski definition) is 0. The van der Waals surface area contributed by atoms with E-state index in [0.717, 1.165) is 22.3 Å². The first-order valence-corrected chi connectivity index (χ1v) is 32.1. The summed E-state index contributed by atoms with van der Waals surface area (Å²) in [5.41, 5.74) is 11.9. The lowest BCUT2D eigenvalue weighted by Crippen LogP contribution is -2.05. The SMILES string of the molecule is N#Cc1cc(-n2c3ccc(C(=O)OCc4ccccc4)cc3c3cc(C(=O)OCc4ccccc4)ccc32)ccc1-c1nc(-c2ccccc2)nc(-c2ccc(-n3c4ccc(C(=O)OCc5ccccc5)cc4c4cc(C(=O)OCc5ccccc5)ccc43)cc2-c2ccccc2C#N)n1.